The summed E-state index contributed by atoms with van der Waals surface area (Å²) in [5.74, 6) is -1.37. The van der Waals surface area contributed by atoms with Gasteiger partial charge in [-0.25, -0.2) is 9.59 Å². The third kappa shape index (κ3) is 7.92. The molecule has 1 rings (SSSR count). The Kier molecular flexibility index (Phi) is 10.5. The summed E-state index contributed by atoms with van der Waals surface area (Å²) >= 11 is 0. The maximum Gasteiger partial charge on any atom is 0.341 e. The average molecular weight is 370 g/mol. The van der Waals surface area contributed by atoms with E-state index in [0.717, 1.165) is 0 Å². The van der Waals surface area contributed by atoms with E-state index in [-0.39, 0.29) is 24.3 Å². The lowest BCUT2D eigenvalue weighted by Crippen LogP contribution is -2.24. The molecule has 1 aromatic rings. The molecule has 0 amide bonds. The van der Waals surface area contributed by atoms with Crippen molar-refractivity contribution >= 4 is 11.9 Å². The van der Waals surface area contributed by atoms with Gasteiger partial charge in [-0.15, -0.1) is 0 Å². The second-order valence-corrected chi connectivity index (χ2v) is 5.22. The zero-order valence-corrected chi connectivity index (χ0v) is 15.6. The van der Waals surface area contributed by atoms with Gasteiger partial charge >= 0.3 is 11.9 Å². The smallest absolute Gasteiger partial charge is 0.341 e. The van der Waals surface area contributed by atoms with Gasteiger partial charge in [-0.3, -0.25) is 0 Å². The zero-order chi connectivity index (χ0) is 19.4. The van der Waals surface area contributed by atoms with Crippen molar-refractivity contribution in [1.82, 2.24) is 0 Å². The molecule has 0 N–H and O–H groups in total. The predicted molar refractivity (Wildman–Crippen MR) is 91.9 cm³/mol. The van der Waals surface area contributed by atoms with E-state index in [4.69, 9.17) is 28.4 Å². The average Bonchev–Trinajstić information content (AvgIpc) is 2.62. The van der Waals surface area contributed by atoms with Crippen LogP contribution in [0.5, 0.6) is 0 Å². The van der Waals surface area contributed by atoms with Crippen LogP contribution in [0.4, 0.5) is 0 Å². The van der Waals surface area contributed by atoms with Crippen molar-refractivity contribution in [2.75, 3.05) is 40.6 Å². The lowest BCUT2D eigenvalue weighted by molar-refractivity contribution is -0.109. The van der Waals surface area contributed by atoms with Crippen LogP contribution in [0.3, 0.4) is 0 Å². The molecule has 0 spiro atoms. The van der Waals surface area contributed by atoms with Crippen molar-refractivity contribution in [2.24, 2.45) is 0 Å². The van der Waals surface area contributed by atoms with Crippen LogP contribution >= 0.6 is 0 Å². The summed E-state index contributed by atoms with van der Waals surface area (Å²) in [4.78, 5) is 24.6. The maximum absolute atomic E-state index is 12.3. The third-order valence-corrected chi connectivity index (χ3v) is 3.19. The molecule has 0 heterocycles. The van der Waals surface area contributed by atoms with Crippen LogP contribution in [0.1, 0.15) is 34.6 Å². The van der Waals surface area contributed by atoms with Crippen molar-refractivity contribution in [2.45, 2.75) is 26.4 Å². The first-order valence-corrected chi connectivity index (χ1v) is 8.21. The lowest BCUT2D eigenvalue weighted by atomic mass is 10.1. The summed E-state index contributed by atoms with van der Waals surface area (Å²) < 4.78 is 30.6. The van der Waals surface area contributed by atoms with Crippen molar-refractivity contribution in [3.8, 4) is 0 Å². The van der Waals surface area contributed by atoms with Crippen LogP contribution in [0.15, 0.2) is 24.3 Å². The standard InChI is InChI=1S/C18H26O8/c1-13(23-11-9-21-3)25-17(19)15-7-5-6-8-16(15)18(20)26-14(2)24-12-10-22-4/h5-8,13-14H,9-12H2,1-4H3. The van der Waals surface area contributed by atoms with Crippen molar-refractivity contribution in [1.29, 1.82) is 0 Å². The van der Waals surface area contributed by atoms with Crippen LogP contribution in [-0.4, -0.2) is 65.2 Å². The van der Waals surface area contributed by atoms with Gasteiger partial charge in [-0.05, 0) is 26.0 Å². The van der Waals surface area contributed by atoms with Gasteiger partial charge < -0.3 is 28.4 Å². The second kappa shape index (κ2) is 12.4. The first kappa shape index (κ1) is 22.0. The van der Waals surface area contributed by atoms with Crippen molar-refractivity contribution < 1.29 is 38.0 Å². The van der Waals surface area contributed by atoms with Crippen LogP contribution < -0.4 is 0 Å². The molecule has 146 valence electrons. The predicted octanol–water partition coefficient (Wildman–Crippen LogP) is 2.02. The van der Waals surface area contributed by atoms with Gasteiger partial charge in [-0.1, -0.05) is 12.1 Å². The second-order valence-electron chi connectivity index (χ2n) is 5.22. The van der Waals surface area contributed by atoms with Gasteiger partial charge in [-0.2, -0.15) is 0 Å². The Morgan fingerprint density at radius 3 is 1.50 bits per heavy atom. The molecule has 8 heteroatoms. The fraction of sp³-hybridized carbons (Fsp3) is 0.556. The largest absolute Gasteiger partial charge is 0.432 e. The van der Waals surface area contributed by atoms with Gasteiger partial charge in [0.1, 0.15) is 0 Å². The van der Waals surface area contributed by atoms with Gasteiger partial charge in [0.05, 0.1) is 37.6 Å². The molecular formula is C18H26O8. The first-order valence-electron chi connectivity index (χ1n) is 8.21. The zero-order valence-electron chi connectivity index (χ0n) is 15.6. The molecule has 26 heavy (non-hydrogen) atoms. The molecule has 0 bridgehead atoms. The molecule has 2 unspecified atom stereocenters. The molecular weight excluding hydrogens is 344 g/mol. The number of esters is 2. The summed E-state index contributed by atoms with van der Waals surface area (Å²) in [7, 11) is 3.09. The highest BCUT2D eigenvalue weighted by molar-refractivity contribution is 6.03. The quantitative estimate of drug-likeness (QED) is 0.314. The van der Waals surface area contributed by atoms with E-state index in [0.29, 0.717) is 13.2 Å². The minimum Gasteiger partial charge on any atom is -0.432 e. The summed E-state index contributed by atoms with van der Waals surface area (Å²) in [6.07, 6.45) is -1.56. The van der Waals surface area contributed by atoms with Crippen LogP contribution in [0, 0.1) is 0 Å². The number of rotatable bonds is 12. The van der Waals surface area contributed by atoms with E-state index in [1.54, 1.807) is 40.2 Å². The van der Waals surface area contributed by atoms with E-state index in [9.17, 15) is 9.59 Å². The Morgan fingerprint density at radius 2 is 1.15 bits per heavy atom. The van der Waals surface area contributed by atoms with Crippen LogP contribution in [0.2, 0.25) is 0 Å². The topological polar surface area (TPSA) is 89.5 Å². The monoisotopic (exact) mass is 370 g/mol. The molecule has 8 nitrogen and oxygen atoms in total. The Hall–Kier alpha value is -2.00. The van der Waals surface area contributed by atoms with E-state index < -0.39 is 24.5 Å². The van der Waals surface area contributed by atoms with Gasteiger partial charge in [0.25, 0.3) is 0 Å². The maximum atomic E-state index is 12.3. The van der Waals surface area contributed by atoms with Crippen LogP contribution in [-0.2, 0) is 28.4 Å². The third-order valence-electron chi connectivity index (χ3n) is 3.19. The minimum atomic E-state index is -0.780. The number of hydrogen-bond acceptors (Lipinski definition) is 8. The normalized spacial score (nSPS) is 13.1. The molecule has 0 saturated heterocycles. The van der Waals surface area contributed by atoms with Gasteiger partial charge in [0, 0.05) is 14.2 Å². The number of benzene rings is 1. The van der Waals surface area contributed by atoms with E-state index >= 15 is 0 Å². The molecule has 0 aliphatic rings. The van der Waals surface area contributed by atoms with E-state index in [2.05, 4.69) is 0 Å². The highest BCUT2D eigenvalue weighted by Gasteiger charge is 2.22. The Labute approximate surface area is 153 Å². The SMILES string of the molecule is COCCOC(C)OC(=O)c1ccccc1C(=O)OC(C)OCCOC. The fourth-order valence-electron chi connectivity index (χ4n) is 1.93. The number of carbonyl (C=O) groups is 2. The summed E-state index contributed by atoms with van der Waals surface area (Å²) in [5, 5.41) is 0. The number of ether oxygens (including phenoxy) is 6. The summed E-state index contributed by atoms with van der Waals surface area (Å²) in [6, 6.07) is 6.22. The van der Waals surface area contributed by atoms with Crippen molar-refractivity contribution in [3.63, 3.8) is 0 Å². The highest BCUT2D eigenvalue weighted by Crippen LogP contribution is 2.14. The minimum absolute atomic E-state index is 0.0868. The molecule has 0 aliphatic carbocycles. The highest BCUT2D eigenvalue weighted by atomic mass is 16.7. The molecule has 1 aromatic carbocycles. The Morgan fingerprint density at radius 1 is 0.769 bits per heavy atom. The fourth-order valence-corrected chi connectivity index (χ4v) is 1.93. The molecule has 0 radical (unpaired) electrons. The first-order chi connectivity index (χ1) is 12.5. The Balaban J connectivity index is 2.67. The number of methoxy groups -OCH3 is 2. The van der Waals surface area contributed by atoms with Gasteiger partial charge in [0.2, 0.25) is 12.6 Å². The van der Waals surface area contributed by atoms with Gasteiger partial charge in [0.15, 0.2) is 0 Å². The van der Waals surface area contributed by atoms with Crippen molar-refractivity contribution in [3.05, 3.63) is 35.4 Å². The van der Waals surface area contributed by atoms with Crippen LogP contribution in [0.25, 0.3) is 0 Å². The molecule has 0 aromatic heterocycles. The number of hydrogen-bond donors (Lipinski definition) is 0. The van der Waals surface area contributed by atoms with E-state index in [1.807, 2.05) is 0 Å². The lowest BCUT2D eigenvalue weighted by Gasteiger charge is -2.17. The molecule has 0 saturated carbocycles. The molecule has 0 aliphatic heterocycles. The summed E-state index contributed by atoms with van der Waals surface area (Å²) in [6.45, 7) is 4.49. The molecule has 0 fully saturated rings. The number of carbonyl (C=O) groups excluding carboxylic acids is 2. The summed E-state index contributed by atoms with van der Waals surface area (Å²) in [5.41, 5.74) is 0.174. The Bertz CT molecular complexity index is 511. The van der Waals surface area contributed by atoms with E-state index in [1.165, 1.54) is 12.1 Å². The molecule has 2 atom stereocenters.